The van der Waals surface area contributed by atoms with Gasteiger partial charge in [-0.3, -0.25) is 4.79 Å². The van der Waals surface area contributed by atoms with Gasteiger partial charge in [-0.25, -0.2) is 4.98 Å². The summed E-state index contributed by atoms with van der Waals surface area (Å²) in [5, 5.41) is 2.72. The van der Waals surface area contributed by atoms with E-state index in [4.69, 9.17) is 0 Å². The van der Waals surface area contributed by atoms with E-state index >= 15 is 0 Å². The van der Waals surface area contributed by atoms with E-state index in [2.05, 4.69) is 26.2 Å². The zero-order valence-corrected chi connectivity index (χ0v) is 12.0. The van der Waals surface area contributed by atoms with Crippen molar-refractivity contribution in [1.82, 2.24) is 4.98 Å². The van der Waals surface area contributed by atoms with Gasteiger partial charge in [-0.1, -0.05) is 30.3 Å². The van der Waals surface area contributed by atoms with Crippen molar-refractivity contribution >= 4 is 33.7 Å². The number of carbonyl (C=O) groups excluding carboxylic acids is 1. The molecule has 96 valence electrons. The number of hydrogen-bond acceptors (Lipinski definition) is 2. The average molecular weight is 317 g/mol. The van der Waals surface area contributed by atoms with Gasteiger partial charge in [-0.05, 0) is 46.1 Å². The lowest BCUT2D eigenvalue weighted by Gasteiger charge is -2.03. The molecule has 0 spiro atoms. The molecule has 0 fully saturated rings. The van der Waals surface area contributed by atoms with Crippen molar-refractivity contribution in [2.24, 2.45) is 0 Å². The molecule has 0 saturated heterocycles. The molecule has 1 aromatic carbocycles. The Labute approximate surface area is 120 Å². The molecule has 0 atom stereocenters. The number of rotatable bonds is 3. The monoisotopic (exact) mass is 316 g/mol. The van der Waals surface area contributed by atoms with E-state index in [0.29, 0.717) is 5.82 Å². The quantitative estimate of drug-likeness (QED) is 0.875. The predicted octanol–water partition coefficient (Wildman–Crippen LogP) is 3.80. The predicted molar refractivity (Wildman–Crippen MR) is 80.8 cm³/mol. The molecule has 3 nitrogen and oxygen atoms in total. The zero-order chi connectivity index (χ0) is 13.7. The van der Waals surface area contributed by atoms with Gasteiger partial charge in [0.15, 0.2) is 0 Å². The van der Waals surface area contributed by atoms with Crippen molar-refractivity contribution in [2.75, 3.05) is 5.32 Å². The molecule has 0 aliphatic heterocycles. The maximum atomic E-state index is 11.7. The molecule has 0 saturated carbocycles. The van der Waals surface area contributed by atoms with Crippen molar-refractivity contribution in [3.8, 4) is 0 Å². The minimum Gasteiger partial charge on any atom is -0.307 e. The van der Waals surface area contributed by atoms with Crippen LogP contribution in [0.25, 0.3) is 6.08 Å². The second-order valence-corrected chi connectivity index (χ2v) is 4.91. The Hall–Kier alpha value is -1.94. The van der Waals surface area contributed by atoms with Crippen molar-refractivity contribution in [1.29, 1.82) is 0 Å². The Kier molecular flexibility index (Phi) is 4.47. The molecule has 0 radical (unpaired) electrons. The lowest BCUT2D eigenvalue weighted by molar-refractivity contribution is -0.111. The number of pyridine rings is 1. The zero-order valence-electron chi connectivity index (χ0n) is 10.4. The number of anilines is 1. The van der Waals surface area contributed by atoms with Gasteiger partial charge in [0, 0.05) is 16.7 Å². The number of amides is 1. The number of benzene rings is 1. The molecule has 0 aliphatic carbocycles. The van der Waals surface area contributed by atoms with E-state index in [-0.39, 0.29) is 5.91 Å². The molecule has 0 aliphatic rings. The summed E-state index contributed by atoms with van der Waals surface area (Å²) in [4.78, 5) is 15.9. The van der Waals surface area contributed by atoms with E-state index in [1.807, 2.05) is 43.3 Å². The maximum Gasteiger partial charge on any atom is 0.249 e. The van der Waals surface area contributed by atoms with Gasteiger partial charge in [0.2, 0.25) is 5.91 Å². The van der Waals surface area contributed by atoms with Crippen molar-refractivity contribution in [3.63, 3.8) is 0 Å². The fraction of sp³-hybridized carbons (Fsp3) is 0.0667. The summed E-state index contributed by atoms with van der Waals surface area (Å²) in [6, 6.07) is 11.5. The lowest BCUT2D eigenvalue weighted by atomic mass is 10.2. The summed E-state index contributed by atoms with van der Waals surface area (Å²) in [6.07, 6.45) is 4.93. The van der Waals surface area contributed by atoms with Crippen LogP contribution in [0.3, 0.4) is 0 Å². The second kappa shape index (κ2) is 6.29. The second-order valence-electron chi connectivity index (χ2n) is 4.05. The van der Waals surface area contributed by atoms with E-state index in [9.17, 15) is 4.79 Å². The summed E-state index contributed by atoms with van der Waals surface area (Å²) in [6.45, 7) is 1.95. The molecule has 0 unspecified atom stereocenters. The molecule has 19 heavy (non-hydrogen) atoms. The molecular formula is C15H13BrN2O. The van der Waals surface area contributed by atoms with Crippen LogP contribution in [-0.2, 0) is 4.79 Å². The van der Waals surface area contributed by atoms with Crippen LogP contribution in [0.2, 0.25) is 0 Å². The number of aryl methyl sites for hydroxylation is 1. The molecule has 2 aromatic rings. The summed E-state index contributed by atoms with van der Waals surface area (Å²) in [7, 11) is 0. The lowest BCUT2D eigenvalue weighted by Crippen LogP contribution is -2.09. The number of carbonyl (C=O) groups is 1. The SMILES string of the molecule is Cc1cc(NC(=O)/C=C/c2ccccc2)ncc1Br. The normalized spacial score (nSPS) is 10.6. The Balaban J connectivity index is 2.01. The van der Waals surface area contributed by atoms with Crippen LogP contribution in [0.4, 0.5) is 5.82 Å². The van der Waals surface area contributed by atoms with Gasteiger partial charge in [0.05, 0.1) is 0 Å². The highest BCUT2D eigenvalue weighted by Crippen LogP contribution is 2.17. The molecule has 1 heterocycles. The van der Waals surface area contributed by atoms with Crippen LogP contribution < -0.4 is 5.32 Å². The summed E-state index contributed by atoms with van der Waals surface area (Å²) in [5.74, 6) is 0.349. The number of aromatic nitrogens is 1. The molecule has 1 N–H and O–H groups in total. The van der Waals surface area contributed by atoms with Crippen molar-refractivity contribution < 1.29 is 4.79 Å². The van der Waals surface area contributed by atoms with Gasteiger partial charge in [0.25, 0.3) is 0 Å². The Bertz CT molecular complexity index is 609. The minimum atomic E-state index is -0.196. The molecule has 0 bridgehead atoms. The van der Waals surface area contributed by atoms with E-state index in [1.165, 1.54) is 6.08 Å². The van der Waals surface area contributed by atoms with Gasteiger partial charge in [0.1, 0.15) is 5.82 Å². The minimum absolute atomic E-state index is 0.196. The fourth-order valence-corrected chi connectivity index (χ4v) is 1.73. The maximum absolute atomic E-state index is 11.7. The smallest absolute Gasteiger partial charge is 0.249 e. The Morgan fingerprint density at radius 1 is 1.32 bits per heavy atom. The highest BCUT2D eigenvalue weighted by molar-refractivity contribution is 9.10. The largest absolute Gasteiger partial charge is 0.307 e. The number of nitrogens with zero attached hydrogens (tertiary/aromatic N) is 1. The van der Waals surface area contributed by atoms with Gasteiger partial charge in [-0.2, -0.15) is 0 Å². The standard InChI is InChI=1S/C15H13BrN2O/c1-11-9-14(17-10-13(11)16)18-15(19)8-7-12-5-3-2-4-6-12/h2-10H,1H3,(H,17,18,19)/b8-7+. The van der Waals surface area contributed by atoms with Crippen molar-refractivity contribution in [3.05, 3.63) is 64.3 Å². The van der Waals surface area contributed by atoms with Gasteiger partial charge in [-0.15, -0.1) is 0 Å². The summed E-state index contributed by atoms with van der Waals surface area (Å²) in [5.41, 5.74) is 2.01. The first-order chi connectivity index (χ1) is 9.15. The van der Waals surface area contributed by atoms with Gasteiger partial charge >= 0.3 is 0 Å². The van der Waals surface area contributed by atoms with Crippen LogP contribution >= 0.6 is 15.9 Å². The molecule has 1 aromatic heterocycles. The molecule has 1 amide bonds. The molecular weight excluding hydrogens is 304 g/mol. The molecule has 4 heteroatoms. The van der Waals surface area contributed by atoms with Crippen molar-refractivity contribution in [2.45, 2.75) is 6.92 Å². The van der Waals surface area contributed by atoms with Gasteiger partial charge < -0.3 is 5.32 Å². The van der Waals surface area contributed by atoms with E-state index < -0.39 is 0 Å². The Morgan fingerprint density at radius 2 is 2.05 bits per heavy atom. The highest BCUT2D eigenvalue weighted by atomic mass is 79.9. The fourth-order valence-electron chi connectivity index (χ4n) is 1.51. The average Bonchev–Trinajstić information content (AvgIpc) is 2.42. The first-order valence-electron chi connectivity index (χ1n) is 5.81. The first-order valence-corrected chi connectivity index (χ1v) is 6.61. The van der Waals surface area contributed by atoms with Crippen LogP contribution in [0, 0.1) is 6.92 Å². The van der Waals surface area contributed by atoms with Crippen LogP contribution in [0.5, 0.6) is 0 Å². The number of nitrogens with one attached hydrogen (secondary N) is 1. The van der Waals surface area contributed by atoms with Crippen LogP contribution in [-0.4, -0.2) is 10.9 Å². The highest BCUT2D eigenvalue weighted by Gasteiger charge is 2.01. The number of halogens is 1. The van der Waals surface area contributed by atoms with E-state index in [0.717, 1.165) is 15.6 Å². The van der Waals surface area contributed by atoms with E-state index in [1.54, 1.807) is 12.3 Å². The third kappa shape index (κ3) is 4.03. The molecule has 2 rings (SSSR count). The number of hydrogen-bond donors (Lipinski definition) is 1. The topological polar surface area (TPSA) is 42.0 Å². The van der Waals surface area contributed by atoms with Crippen LogP contribution in [0.1, 0.15) is 11.1 Å². The van der Waals surface area contributed by atoms with Crippen LogP contribution in [0.15, 0.2) is 53.1 Å². The Morgan fingerprint density at radius 3 is 2.74 bits per heavy atom. The summed E-state index contributed by atoms with van der Waals surface area (Å²) >= 11 is 3.37. The summed E-state index contributed by atoms with van der Waals surface area (Å²) < 4.78 is 0.922. The third-order valence-electron chi connectivity index (χ3n) is 2.52. The first kappa shape index (κ1) is 13.5. The third-order valence-corrected chi connectivity index (χ3v) is 3.36.